The molecule has 186 valence electrons. The fraction of sp³-hybridized carbons (Fsp3) is 0.520. The number of aryl methyl sites for hydroxylation is 2. The number of carbonyl (C=O) groups excluding carboxylic acids is 1. The molecule has 0 N–H and O–H groups in total. The van der Waals surface area contributed by atoms with Gasteiger partial charge in [-0.3, -0.25) is 9.48 Å². The van der Waals surface area contributed by atoms with E-state index in [0.29, 0.717) is 40.8 Å². The topological polar surface area (TPSA) is 67.2 Å². The third-order valence-corrected chi connectivity index (χ3v) is 7.07. The number of pyridine rings is 2. The maximum Gasteiger partial charge on any atom is 0.433 e. The highest BCUT2D eigenvalue weighted by Crippen LogP contribution is 2.34. The highest BCUT2D eigenvalue weighted by atomic mass is 19.4. The fourth-order valence-electron chi connectivity index (χ4n) is 4.77. The summed E-state index contributed by atoms with van der Waals surface area (Å²) in [5, 5.41) is 5.01. The van der Waals surface area contributed by atoms with Gasteiger partial charge in [-0.15, -0.1) is 0 Å². The smallest absolute Gasteiger partial charge is 0.356 e. The molecule has 7 nitrogen and oxygen atoms in total. The predicted octanol–water partition coefficient (Wildman–Crippen LogP) is 4.46. The number of hydrogen-bond donors (Lipinski definition) is 0. The van der Waals surface area contributed by atoms with E-state index in [1.807, 2.05) is 24.9 Å². The van der Waals surface area contributed by atoms with Gasteiger partial charge in [0.2, 0.25) is 0 Å². The van der Waals surface area contributed by atoms with Crippen molar-refractivity contribution in [1.29, 1.82) is 0 Å². The molecule has 1 saturated heterocycles. The summed E-state index contributed by atoms with van der Waals surface area (Å²) in [5.41, 5.74) is 0.837. The first-order valence-corrected chi connectivity index (χ1v) is 12.1. The number of aromatic nitrogens is 4. The van der Waals surface area contributed by atoms with E-state index in [0.717, 1.165) is 44.2 Å². The van der Waals surface area contributed by atoms with Crippen LogP contribution in [-0.2, 0) is 13.2 Å². The Morgan fingerprint density at radius 2 is 1.77 bits per heavy atom. The van der Waals surface area contributed by atoms with Crippen LogP contribution >= 0.6 is 0 Å². The van der Waals surface area contributed by atoms with E-state index in [9.17, 15) is 18.0 Å². The molecule has 1 amide bonds. The molecule has 4 heterocycles. The van der Waals surface area contributed by atoms with Crippen molar-refractivity contribution in [1.82, 2.24) is 24.6 Å². The third-order valence-electron chi connectivity index (χ3n) is 7.07. The zero-order valence-corrected chi connectivity index (χ0v) is 19.9. The summed E-state index contributed by atoms with van der Waals surface area (Å²) in [5.74, 6) is 1.59. The van der Waals surface area contributed by atoms with Crippen LogP contribution in [0.15, 0.2) is 30.5 Å². The molecule has 2 aliphatic rings. The van der Waals surface area contributed by atoms with Crippen LogP contribution < -0.4 is 4.90 Å². The van der Waals surface area contributed by atoms with Gasteiger partial charge in [0.05, 0.1) is 5.52 Å². The molecular weight excluding hydrogens is 457 g/mol. The highest BCUT2D eigenvalue weighted by Gasteiger charge is 2.33. The summed E-state index contributed by atoms with van der Waals surface area (Å²) in [4.78, 5) is 25.6. The van der Waals surface area contributed by atoms with Crippen LogP contribution in [0.5, 0.6) is 0 Å². The zero-order valence-electron chi connectivity index (χ0n) is 19.9. The lowest BCUT2D eigenvalue weighted by molar-refractivity contribution is -0.140. The second-order valence-electron chi connectivity index (χ2n) is 9.77. The maximum atomic E-state index is 13.2. The second-order valence-corrected chi connectivity index (χ2v) is 9.77. The molecule has 0 atom stereocenters. The van der Waals surface area contributed by atoms with Crippen LogP contribution in [0.25, 0.3) is 10.9 Å². The number of anilines is 1. The van der Waals surface area contributed by atoms with Gasteiger partial charge in [-0.2, -0.15) is 18.3 Å². The Balaban J connectivity index is 1.27. The normalized spacial score (nSPS) is 17.2. The van der Waals surface area contributed by atoms with Crippen LogP contribution in [0.2, 0.25) is 0 Å². The number of piperidine rings is 1. The van der Waals surface area contributed by atoms with Gasteiger partial charge < -0.3 is 9.80 Å². The lowest BCUT2D eigenvalue weighted by Gasteiger charge is -2.35. The van der Waals surface area contributed by atoms with Crippen molar-refractivity contribution >= 4 is 22.6 Å². The van der Waals surface area contributed by atoms with E-state index in [4.69, 9.17) is 0 Å². The largest absolute Gasteiger partial charge is 0.433 e. The second kappa shape index (κ2) is 9.13. The van der Waals surface area contributed by atoms with E-state index >= 15 is 0 Å². The molecule has 3 aromatic rings. The zero-order chi connectivity index (χ0) is 24.7. The minimum atomic E-state index is -4.48. The number of amides is 1. The summed E-state index contributed by atoms with van der Waals surface area (Å²) in [6.07, 6.45) is 1.12. The molecule has 3 aromatic heterocycles. The lowest BCUT2D eigenvalue weighted by atomic mass is 9.95. The monoisotopic (exact) mass is 486 g/mol. The molecule has 10 heteroatoms. The van der Waals surface area contributed by atoms with E-state index in [-0.39, 0.29) is 5.91 Å². The lowest BCUT2D eigenvalue weighted by Crippen LogP contribution is -2.42. The van der Waals surface area contributed by atoms with Gasteiger partial charge in [-0.05, 0) is 68.7 Å². The van der Waals surface area contributed by atoms with Crippen LogP contribution in [-0.4, -0.2) is 56.7 Å². The van der Waals surface area contributed by atoms with Crippen LogP contribution in [0.4, 0.5) is 19.0 Å². The van der Waals surface area contributed by atoms with Crippen molar-refractivity contribution in [2.45, 2.75) is 38.8 Å². The average Bonchev–Trinajstić information content (AvgIpc) is 3.59. The van der Waals surface area contributed by atoms with Gasteiger partial charge in [0.15, 0.2) is 5.69 Å². The first kappa shape index (κ1) is 23.6. The SMILES string of the molecule is Cc1cc(C(=O)N(CC2CC2)CC2CCN(c3nccc4nc(C(F)(F)F)ccc34)CC2)nn1C. The van der Waals surface area contributed by atoms with Gasteiger partial charge in [0, 0.05) is 50.5 Å². The van der Waals surface area contributed by atoms with Gasteiger partial charge in [-0.25, -0.2) is 9.97 Å². The summed E-state index contributed by atoms with van der Waals surface area (Å²) in [7, 11) is 1.84. The van der Waals surface area contributed by atoms with Crippen LogP contribution in [0.3, 0.4) is 0 Å². The van der Waals surface area contributed by atoms with Crippen molar-refractivity contribution in [3.05, 3.63) is 47.5 Å². The number of alkyl halides is 3. The molecule has 0 radical (unpaired) electrons. The van der Waals surface area contributed by atoms with Crippen molar-refractivity contribution in [3.8, 4) is 0 Å². The predicted molar refractivity (Wildman–Crippen MR) is 126 cm³/mol. The first-order chi connectivity index (χ1) is 16.7. The summed E-state index contributed by atoms with van der Waals surface area (Å²) in [6, 6.07) is 5.84. The molecule has 0 spiro atoms. The molecule has 0 aromatic carbocycles. The standard InChI is InChI=1S/C25H29F3N6O/c1-16-13-21(31-32(16)2)24(35)34(14-17-3-4-17)15-18-8-11-33(12-9-18)23-19-5-6-22(25(26,27)28)30-20(19)7-10-29-23/h5-7,10,13,17-18H,3-4,8-9,11-12,14-15H2,1-2H3. The van der Waals surface area contributed by atoms with Gasteiger partial charge >= 0.3 is 6.18 Å². The number of fused-ring (bicyclic) bond motifs is 1. The van der Waals surface area contributed by atoms with Gasteiger partial charge in [0.25, 0.3) is 5.91 Å². The minimum Gasteiger partial charge on any atom is -0.356 e. The van der Waals surface area contributed by atoms with Crippen molar-refractivity contribution in [2.24, 2.45) is 18.9 Å². The molecule has 2 fully saturated rings. The Bertz CT molecular complexity index is 1210. The number of nitrogens with zero attached hydrogens (tertiary/aromatic N) is 6. The fourth-order valence-corrected chi connectivity index (χ4v) is 4.77. The Morgan fingerprint density at radius 3 is 2.37 bits per heavy atom. The third kappa shape index (κ3) is 5.11. The van der Waals surface area contributed by atoms with E-state index in [1.54, 1.807) is 4.68 Å². The molecule has 35 heavy (non-hydrogen) atoms. The van der Waals surface area contributed by atoms with E-state index in [2.05, 4.69) is 20.0 Å². The Kier molecular flexibility index (Phi) is 6.14. The van der Waals surface area contributed by atoms with Crippen molar-refractivity contribution in [2.75, 3.05) is 31.1 Å². The first-order valence-electron chi connectivity index (χ1n) is 12.1. The van der Waals surface area contributed by atoms with Crippen molar-refractivity contribution in [3.63, 3.8) is 0 Å². The number of carbonyl (C=O) groups is 1. The molecule has 0 bridgehead atoms. The quantitative estimate of drug-likeness (QED) is 0.515. The maximum absolute atomic E-state index is 13.2. The molecule has 5 rings (SSSR count). The highest BCUT2D eigenvalue weighted by molar-refractivity contribution is 5.92. The van der Waals surface area contributed by atoms with Gasteiger partial charge in [-0.1, -0.05) is 0 Å². The molecule has 1 saturated carbocycles. The number of hydrogen-bond acceptors (Lipinski definition) is 5. The van der Waals surface area contributed by atoms with E-state index in [1.165, 1.54) is 31.2 Å². The van der Waals surface area contributed by atoms with Crippen LogP contribution in [0.1, 0.15) is 47.6 Å². The van der Waals surface area contributed by atoms with Gasteiger partial charge in [0.1, 0.15) is 11.5 Å². The number of rotatable bonds is 6. The minimum absolute atomic E-state index is 0.00899. The average molecular weight is 487 g/mol. The molecule has 1 aliphatic carbocycles. The molecule has 1 aliphatic heterocycles. The molecular formula is C25H29F3N6O. The summed E-state index contributed by atoms with van der Waals surface area (Å²) < 4.78 is 40.9. The Morgan fingerprint density at radius 1 is 1.09 bits per heavy atom. The number of halogens is 3. The van der Waals surface area contributed by atoms with E-state index < -0.39 is 11.9 Å². The van der Waals surface area contributed by atoms with Crippen molar-refractivity contribution < 1.29 is 18.0 Å². The summed E-state index contributed by atoms with van der Waals surface area (Å²) in [6.45, 7) is 4.86. The molecule has 0 unspecified atom stereocenters. The van der Waals surface area contributed by atoms with Crippen LogP contribution in [0, 0.1) is 18.8 Å². The Hall–Kier alpha value is -3.17. The Labute approximate surface area is 201 Å². The summed E-state index contributed by atoms with van der Waals surface area (Å²) >= 11 is 0.